The van der Waals surface area contributed by atoms with E-state index in [0.29, 0.717) is 5.57 Å². The van der Waals surface area contributed by atoms with Gasteiger partial charge in [0.05, 0.1) is 0 Å². The maximum absolute atomic E-state index is 11.3. The van der Waals surface area contributed by atoms with Gasteiger partial charge in [-0.05, 0) is 26.6 Å². The number of hydrogen-bond acceptors (Lipinski definition) is 3. The normalized spacial score (nSPS) is 13.4. The standard InChI is InChI=1S/C11H22O3Si/c1-7-8-10(14-15(4,5)6)13-11(12)9(2)3/h10H,2,7-8H2,1,3-6H3. The van der Waals surface area contributed by atoms with Crippen molar-refractivity contribution in [1.82, 2.24) is 0 Å². The zero-order chi connectivity index (χ0) is 12.1. The second kappa shape index (κ2) is 6.08. The van der Waals surface area contributed by atoms with Gasteiger partial charge in [-0.3, -0.25) is 0 Å². The molecule has 0 aliphatic heterocycles. The Kier molecular flexibility index (Phi) is 5.83. The van der Waals surface area contributed by atoms with Crippen molar-refractivity contribution in [3.05, 3.63) is 12.2 Å². The molecule has 4 heteroatoms. The largest absolute Gasteiger partial charge is 0.433 e. The first kappa shape index (κ1) is 14.4. The third-order valence-corrected chi connectivity index (χ3v) is 2.57. The van der Waals surface area contributed by atoms with E-state index in [0.717, 1.165) is 12.8 Å². The lowest BCUT2D eigenvalue weighted by Crippen LogP contribution is -2.34. The highest BCUT2D eigenvalue weighted by atomic mass is 28.4. The van der Waals surface area contributed by atoms with Gasteiger partial charge in [0, 0.05) is 12.0 Å². The van der Waals surface area contributed by atoms with Crippen LogP contribution in [-0.4, -0.2) is 20.6 Å². The van der Waals surface area contributed by atoms with Gasteiger partial charge < -0.3 is 9.16 Å². The van der Waals surface area contributed by atoms with Crippen LogP contribution in [0.1, 0.15) is 26.7 Å². The van der Waals surface area contributed by atoms with Gasteiger partial charge >= 0.3 is 5.97 Å². The molecule has 0 heterocycles. The highest BCUT2D eigenvalue weighted by molar-refractivity contribution is 6.69. The third-order valence-electron chi connectivity index (χ3n) is 1.60. The molecule has 0 aromatic carbocycles. The molecule has 0 rings (SSSR count). The average Bonchev–Trinajstić information content (AvgIpc) is 2.00. The van der Waals surface area contributed by atoms with Gasteiger partial charge in [0.25, 0.3) is 0 Å². The van der Waals surface area contributed by atoms with E-state index in [1.54, 1.807) is 6.92 Å². The Morgan fingerprint density at radius 1 is 1.40 bits per heavy atom. The predicted octanol–water partition coefficient (Wildman–Crippen LogP) is 3.08. The van der Waals surface area contributed by atoms with Crippen molar-refractivity contribution in [3.8, 4) is 0 Å². The highest BCUT2D eigenvalue weighted by Gasteiger charge is 2.23. The zero-order valence-electron chi connectivity index (χ0n) is 10.4. The molecule has 0 N–H and O–H groups in total. The molecule has 0 radical (unpaired) electrons. The van der Waals surface area contributed by atoms with E-state index in [1.165, 1.54) is 0 Å². The third kappa shape index (κ3) is 7.33. The van der Waals surface area contributed by atoms with Crippen molar-refractivity contribution >= 4 is 14.3 Å². The summed E-state index contributed by atoms with van der Waals surface area (Å²) in [6.07, 6.45) is 1.26. The molecule has 88 valence electrons. The molecule has 0 fully saturated rings. The summed E-state index contributed by atoms with van der Waals surface area (Å²) in [7, 11) is -1.67. The van der Waals surface area contributed by atoms with Crippen LogP contribution < -0.4 is 0 Å². The Bertz CT molecular complexity index is 230. The molecule has 3 nitrogen and oxygen atoms in total. The molecular formula is C11H22O3Si. The monoisotopic (exact) mass is 230 g/mol. The first-order chi connectivity index (χ1) is 6.76. The van der Waals surface area contributed by atoms with Crippen molar-refractivity contribution in [3.63, 3.8) is 0 Å². The van der Waals surface area contributed by atoms with Crippen molar-refractivity contribution < 1.29 is 14.0 Å². The predicted molar refractivity (Wildman–Crippen MR) is 64.0 cm³/mol. The van der Waals surface area contributed by atoms with Crippen molar-refractivity contribution in [2.24, 2.45) is 0 Å². The first-order valence-corrected chi connectivity index (χ1v) is 8.71. The second-order valence-electron chi connectivity index (χ2n) is 4.63. The summed E-state index contributed by atoms with van der Waals surface area (Å²) >= 11 is 0. The minimum Gasteiger partial charge on any atom is -0.433 e. The summed E-state index contributed by atoms with van der Waals surface area (Å²) in [5, 5.41) is 0. The second-order valence-corrected chi connectivity index (χ2v) is 9.09. The zero-order valence-corrected chi connectivity index (χ0v) is 11.4. The van der Waals surface area contributed by atoms with Crippen LogP contribution in [-0.2, 0) is 14.0 Å². The number of esters is 1. The molecule has 0 aromatic rings. The first-order valence-electron chi connectivity index (χ1n) is 5.30. The lowest BCUT2D eigenvalue weighted by Gasteiger charge is -2.25. The SMILES string of the molecule is C=C(C)C(=O)OC(CCC)O[Si](C)(C)C. The molecule has 0 amide bonds. The molecule has 0 aliphatic carbocycles. The van der Waals surface area contributed by atoms with Gasteiger partial charge in [-0.2, -0.15) is 0 Å². The van der Waals surface area contributed by atoms with Crippen LogP contribution in [0, 0.1) is 0 Å². The molecule has 15 heavy (non-hydrogen) atoms. The van der Waals surface area contributed by atoms with Gasteiger partial charge in [-0.1, -0.05) is 19.9 Å². The fourth-order valence-corrected chi connectivity index (χ4v) is 1.95. The van der Waals surface area contributed by atoms with Crippen molar-refractivity contribution in [1.29, 1.82) is 0 Å². The van der Waals surface area contributed by atoms with Crippen molar-refractivity contribution in [2.75, 3.05) is 0 Å². The molecule has 0 aromatic heterocycles. The number of carbonyl (C=O) groups is 1. The van der Waals surface area contributed by atoms with Crippen LogP contribution in [0.4, 0.5) is 0 Å². The number of hydrogen-bond donors (Lipinski definition) is 0. The van der Waals surface area contributed by atoms with Crippen molar-refractivity contribution in [2.45, 2.75) is 52.6 Å². The van der Waals surface area contributed by atoms with Gasteiger partial charge in [0.1, 0.15) is 0 Å². The highest BCUT2D eigenvalue weighted by Crippen LogP contribution is 2.14. The lowest BCUT2D eigenvalue weighted by molar-refractivity contribution is -0.160. The lowest BCUT2D eigenvalue weighted by atomic mass is 10.3. The Morgan fingerprint density at radius 2 is 1.93 bits per heavy atom. The summed E-state index contributed by atoms with van der Waals surface area (Å²) < 4.78 is 11.0. The molecule has 0 saturated carbocycles. The van der Waals surface area contributed by atoms with Crippen LogP contribution >= 0.6 is 0 Å². The Labute approximate surface area is 93.6 Å². The summed E-state index contributed by atoms with van der Waals surface area (Å²) in [6.45, 7) is 13.4. The molecule has 0 bridgehead atoms. The summed E-state index contributed by atoms with van der Waals surface area (Å²) in [6, 6.07) is 0. The molecular weight excluding hydrogens is 208 g/mol. The molecule has 0 spiro atoms. The Balaban J connectivity index is 4.28. The van der Waals surface area contributed by atoms with Crippen LogP contribution in [0.15, 0.2) is 12.2 Å². The van der Waals surface area contributed by atoms with E-state index < -0.39 is 14.6 Å². The Morgan fingerprint density at radius 3 is 2.27 bits per heavy atom. The molecule has 1 unspecified atom stereocenters. The topological polar surface area (TPSA) is 35.5 Å². The molecule has 1 atom stereocenters. The average molecular weight is 230 g/mol. The summed E-state index contributed by atoms with van der Waals surface area (Å²) in [5.74, 6) is -0.369. The van der Waals surface area contributed by atoms with E-state index in [1.807, 2.05) is 6.92 Å². The fourth-order valence-electron chi connectivity index (χ4n) is 0.992. The van der Waals surface area contributed by atoms with Crippen LogP contribution in [0.25, 0.3) is 0 Å². The quantitative estimate of drug-likeness (QED) is 0.304. The van der Waals surface area contributed by atoms with E-state index in [-0.39, 0.29) is 5.97 Å². The minimum absolute atomic E-state index is 0.369. The van der Waals surface area contributed by atoms with Gasteiger partial charge in [-0.15, -0.1) is 0 Å². The van der Waals surface area contributed by atoms with E-state index in [2.05, 4.69) is 26.2 Å². The van der Waals surface area contributed by atoms with E-state index >= 15 is 0 Å². The molecule has 0 saturated heterocycles. The summed E-state index contributed by atoms with van der Waals surface area (Å²) in [5.41, 5.74) is 0.412. The maximum atomic E-state index is 11.3. The van der Waals surface area contributed by atoms with Gasteiger partial charge in [-0.25, -0.2) is 4.79 Å². The van der Waals surface area contributed by atoms with Gasteiger partial charge in [0.15, 0.2) is 14.6 Å². The maximum Gasteiger partial charge on any atom is 0.335 e. The Hall–Kier alpha value is -0.613. The van der Waals surface area contributed by atoms with Crippen LogP contribution in [0.2, 0.25) is 19.6 Å². The van der Waals surface area contributed by atoms with E-state index in [9.17, 15) is 4.79 Å². The van der Waals surface area contributed by atoms with E-state index in [4.69, 9.17) is 9.16 Å². The van der Waals surface area contributed by atoms with Gasteiger partial charge in [0.2, 0.25) is 0 Å². The number of rotatable bonds is 6. The van der Waals surface area contributed by atoms with Crippen LogP contribution in [0.3, 0.4) is 0 Å². The minimum atomic E-state index is -1.67. The fraction of sp³-hybridized carbons (Fsp3) is 0.727. The number of ether oxygens (including phenoxy) is 1. The molecule has 0 aliphatic rings. The summed E-state index contributed by atoms with van der Waals surface area (Å²) in [4.78, 5) is 11.3. The smallest absolute Gasteiger partial charge is 0.335 e. The number of carbonyl (C=O) groups excluding carboxylic acids is 1. The van der Waals surface area contributed by atoms with Crippen LogP contribution in [0.5, 0.6) is 0 Å².